The molecule has 0 spiro atoms. The molecule has 0 aromatic rings. The summed E-state index contributed by atoms with van der Waals surface area (Å²) in [5.41, 5.74) is -2.51. The average molecular weight is 493 g/mol. The standard InChI is InChI=1S/C21H33BrO8/c1-19(2,3)16(24)27-10-11-13(29-17(25)20(4,5)6)14(12(23)15(22)28-11)30-18(26)21(7,8)9/h11,13-15H,10H2,1-9H3/t11-,13-,14-,15+/m1/s1. The highest BCUT2D eigenvalue weighted by atomic mass is 79.9. The van der Waals surface area contributed by atoms with E-state index in [4.69, 9.17) is 18.9 Å². The van der Waals surface area contributed by atoms with Crippen molar-refractivity contribution >= 4 is 39.6 Å². The summed E-state index contributed by atoms with van der Waals surface area (Å²) >= 11 is 3.11. The van der Waals surface area contributed by atoms with E-state index in [0.717, 1.165) is 0 Å². The number of alkyl halides is 1. The van der Waals surface area contributed by atoms with Crippen molar-refractivity contribution in [2.24, 2.45) is 16.2 Å². The van der Waals surface area contributed by atoms with E-state index < -0.39 is 63.3 Å². The van der Waals surface area contributed by atoms with Crippen LogP contribution in [0.3, 0.4) is 0 Å². The van der Waals surface area contributed by atoms with E-state index in [1.54, 1.807) is 62.3 Å². The molecule has 1 aliphatic heterocycles. The second kappa shape index (κ2) is 9.34. The van der Waals surface area contributed by atoms with E-state index in [-0.39, 0.29) is 6.61 Å². The first-order valence-corrected chi connectivity index (χ1v) is 10.7. The number of esters is 3. The van der Waals surface area contributed by atoms with Crippen molar-refractivity contribution in [3.8, 4) is 0 Å². The van der Waals surface area contributed by atoms with Gasteiger partial charge in [-0.2, -0.15) is 0 Å². The van der Waals surface area contributed by atoms with Crippen molar-refractivity contribution in [3.63, 3.8) is 0 Å². The third-order valence-corrected chi connectivity index (χ3v) is 4.82. The molecule has 172 valence electrons. The molecule has 1 aliphatic rings. The number of carbonyl (C=O) groups is 4. The lowest BCUT2D eigenvalue weighted by molar-refractivity contribution is -0.211. The fourth-order valence-corrected chi connectivity index (χ4v) is 2.69. The zero-order chi connectivity index (χ0) is 23.7. The Balaban J connectivity index is 3.22. The van der Waals surface area contributed by atoms with Gasteiger partial charge in [-0.3, -0.25) is 19.2 Å². The lowest BCUT2D eigenvalue weighted by atomic mass is 9.94. The van der Waals surface area contributed by atoms with E-state index in [1.165, 1.54) is 0 Å². The topological polar surface area (TPSA) is 105 Å². The zero-order valence-electron chi connectivity index (χ0n) is 19.2. The Morgan fingerprint density at radius 2 is 1.27 bits per heavy atom. The number of ketones is 1. The maximum atomic E-state index is 12.7. The number of hydrogen-bond donors (Lipinski definition) is 0. The first kappa shape index (κ1) is 26.6. The average Bonchev–Trinajstić information content (AvgIpc) is 2.56. The molecule has 0 aliphatic carbocycles. The van der Waals surface area contributed by atoms with E-state index >= 15 is 0 Å². The summed E-state index contributed by atoms with van der Waals surface area (Å²) < 4.78 is 21.9. The summed E-state index contributed by atoms with van der Waals surface area (Å²) in [4.78, 5) is 49.9. The minimum absolute atomic E-state index is 0.281. The van der Waals surface area contributed by atoms with Gasteiger partial charge in [-0.05, 0) is 78.2 Å². The van der Waals surface area contributed by atoms with Gasteiger partial charge in [-0.15, -0.1) is 0 Å². The molecule has 1 fully saturated rings. The van der Waals surface area contributed by atoms with Crippen LogP contribution in [0.2, 0.25) is 0 Å². The quantitative estimate of drug-likeness (QED) is 0.334. The first-order chi connectivity index (χ1) is 13.4. The number of rotatable bonds is 4. The van der Waals surface area contributed by atoms with Crippen molar-refractivity contribution in [1.82, 2.24) is 0 Å². The van der Waals surface area contributed by atoms with Crippen LogP contribution >= 0.6 is 15.9 Å². The van der Waals surface area contributed by atoms with Crippen LogP contribution in [0.4, 0.5) is 0 Å². The Bertz CT molecular complexity index is 681. The van der Waals surface area contributed by atoms with E-state index in [2.05, 4.69) is 15.9 Å². The molecular weight excluding hydrogens is 460 g/mol. The van der Waals surface area contributed by atoms with Crippen LogP contribution in [0.25, 0.3) is 0 Å². The first-order valence-electron chi connectivity index (χ1n) is 9.78. The van der Waals surface area contributed by atoms with Crippen LogP contribution in [0, 0.1) is 16.2 Å². The molecule has 0 aromatic carbocycles. The molecule has 9 heteroatoms. The van der Waals surface area contributed by atoms with Crippen LogP contribution in [0.15, 0.2) is 0 Å². The van der Waals surface area contributed by atoms with Crippen LogP contribution in [-0.2, 0) is 38.1 Å². The highest BCUT2D eigenvalue weighted by Gasteiger charge is 2.51. The summed E-state index contributed by atoms with van der Waals surface area (Å²) in [7, 11) is 0. The summed E-state index contributed by atoms with van der Waals surface area (Å²) in [6.45, 7) is 14.7. The third kappa shape index (κ3) is 7.04. The lowest BCUT2D eigenvalue weighted by Crippen LogP contribution is -2.59. The molecule has 0 aromatic heterocycles. The van der Waals surface area contributed by atoms with E-state index in [1.807, 2.05) is 0 Å². The Morgan fingerprint density at radius 3 is 1.70 bits per heavy atom. The molecule has 4 atom stereocenters. The fourth-order valence-electron chi connectivity index (χ4n) is 2.15. The fraction of sp³-hybridized carbons (Fsp3) is 0.810. The number of hydrogen-bond acceptors (Lipinski definition) is 8. The molecule has 1 rings (SSSR count). The number of halogens is 1. The molecule has 0 saturated carbocycles. The SMILES string of the molecule is CC(C)(C)C(=O)OC[C@H]1O[C@H](Br)C(=O)[C@@H](OC(=O)C(C)(C)C)[C@@H]1OC(=O)C(C)(C)C. The van der Waals surface area contributed by atoms with E-state index in [9.17, 15) is 19.2 Å². The maximum Gasteiger partial charge on any atom is 0.312 e. The van der Waals surface area contributed by atoms with Crippen LogP contribution < -0.4 is 0 Å². The van der Waals surface area contributed by atoms with Gasteiger partial charge in [0, 0.05) is 0 Å². The molecular formula is C21H33BrO8. The molecule has 0 N–H and O–H groups in total. The Kier molecular flexibility index (Phi) is 8.27. The number of Topliss-reactive ketones (excluding diaryl/α,β-unsaturated/α-hetero) is 1. The van der Waals surface area contributed by atoms with Crippen LogP contribution in [-0.4, -0.2) is 53.6 Å². The molecule has 1 saturated heterocycles. The normalized spacial score (nSPS) is 25.5. The van der Waals surface area contributed by atoms with Gasteiger partial charge in [-0.1, -0.05) is 0 Å². The predicted molar refractivity (Wildman–Crippen MR) is 112 cm³/mol. The highest BCUT2D eigenvalue weighted by Crippen LogP contribution is 2.30. The molecule has 8 nitrogen and oxygen atoms in total. The summed E-state index contributed by atoms with van der Waals surface area (Å²) in [6, 6.07) is 0. The third-order valence-electron chi connectivity index (χ3n) is 4.16. The second-order valence-corrected chi connectivity index (χ2v) is 11.3. The van der Waals surface area contributed by atoms with Gasteiger partial charge in [0.2, 0.25) is 11.9 Å². The minimum Gasteiger partial charge on any atom is -0.462 e. The van der Waals surface area contributed by atoms with Crippen LogP contribution in [0.5, 0.6) is 0 Å². The van der Waals surface area contributed by atoms with Gasteiger partial charge < -0.3 is 18.9 Å². The van der Waals surface area contributed by atoms with Gasteiger partial charge in [0.1, 0.15) is 12.7 Å². The summed E-state index contributed by atoms with van der Waals surface area (Å²) in [5, 5.41) is -1.11. The van der Waals surface area contributed by atoms with Crippen molar-refractivity contribution in [3.05, 3.63) is 0 Å². The molecule has 0 radical (unpaired) electrons. The van der Waals surface area contributed by atoms with Gasteiger partial charge in [0.25, 0.3) is 0 Å². The zero-order valence-corrected chi connectivity index (χ0v) is 20.7. The highest BCUT2D eigenvalue weighted by molar-refractivity contribution is 9.09. The van der Waals surface area contributed by atoms with E-state index in [0.29, 0.717) is 0 Å². The monoisotopic (exact) mass is 492 g/mol. The van der Waals surface area contributed by atoms with Crippen molar-refractivity contribution < 1.29 is 38.1 Å². The lowest BCUT2D eigenvalue weighted by Gasteiger charge is -2.39. The largest absolute Gasteiger partial charge is 0.462 e. The van der Waals surface area contributed by atoms with Crippen molar-refractivity contribution in [2.75, 3.05) is 6.61 Å². The van der Waals surface area contributed by atoms with Crippen molar-refractivity contribution in [1.29, 1.82) is 0 Å². The van der Waals surface area contributed by atoms with Crippen LogP contribution in [0.1, 0.15) is 62.3 Å². The Labute approximate surface area is 186 Å². The molecule has 30 heavy (non-hydrogen) atoms. The molecule has 1 heterocycles. The van der Waals surface area contributed by atoms with Gasteiger partial charge in [-0.25, -0.2) is 0 Å². The van der Waals surface area contributed by atoms with Gasteiger partial charge in [0.05, 0.1) is 16.2 Å². The summed E-state index contributed by atoms with van der Waals surface area (Å²) in [6.07, 6.45) is -3.68. The van der Waals surface area contributed by atoms with Crippen molar-refractivity contribution in [2.45, 2.75) is 85.6 Å². The minimum atomic E-state index is -1.40. The smallest absolute Gasteiger partial charge is 0.312 e. The summed E-state index contributed by atoms with van der Waals surface area (Å²) in [5.74, 6) is -2.33. The van der Waals surface area contributed by atoms with Gasteiger partial charge in [0.15, 0.2) is 11.1 Å². The molecule has 0 bridgehead atoms. The Hall–Kier alpha value is -1.48. The maximum absolute atomic E-state index is 12.7. The van der Waals surface area contributed by atoms with Gasteiger partial charge >= 0.3 is 17.9 Å². The number of ether oxygens (including phenoxy) is 4. The second-order valence-electron chi connectivity index (χ2n) is 10.4. The molecule has 0 unspecified atom stereocenters. The predicted octanol–water partition coefficient (Wildman–Crippen LogP) is 3.18. The Morgan fingerprint density at radius 1 is 0.833 bits per heavy atom. The number of carbonyl (C=O) groups excluding carboxylic acids is 4. The molecule has 0 amide bonds.